The molecule has 2 heterocycles. The summed E-state index contributed by atoms with van der Waals surface area (Å²) in [7, 11) is 0. The minimum Gasteiger partial charge on any atom is -0.369 e. The van der Waals surface area contributed by atoms with Crippen molar-refractivity contribution in [2.75, 3.05) is 13.1 Å². The number of nitrogens with two attached hydrogens (primary N) is 1. The number of hydrogen-bond donors (Lipinski definition) is 1. The Morgan fingerprint density at radius 2 is 1.82 bits per heavy atom. The lowest BCUT2D eigenvalue weighted by Crippen LogP contribution is -2.28. The number of rotatable bonds is 5. The van der Waals surface area contributed by atoms with Crippen LogP contribution in [0.1, 0.15) is 37.3 Å². The quantitative estimate of drug-likeness (QED) is 0.886. The molecule has 0 bridgehead atoms. The normalized spacial score (nSPS) is 17.4. The lowest BCUT2D eigenvalue weighted by molar-refractivity contribution is -0.143. The Bertz CT molecular complexity index is 506. The first kappa shape index (κ1) is 16.7. The van der Waals surface area contributed by atoms with Gasteiger partial charge in [-0.3, -0.25) is 9.69 Å². The minimum absolute atomic E-state index is 0.0431. The summed E-state index contributed by atoms with van der Waals surface area (Å²) in [6.45, 7) is 0.776. The first-order chi connectivity index (χ1) is 10.3. The number of halogens is 3. The van der Waals surface area contributed by atoms with Gasteiger partial charge in [0.25, 0.3) is 0 Å². The van der Waals surface area contributed by atoms with Crippen LogP contribution in [0, 0.1) is 0 Å². The smallest absolute Gasteiger partial charge is 0.369 e. The third-order valence-electron chi connectivity index (χ3n) is 3.52. The molecule has 1 aliphatic rings. The molecule has 6 nitrogen and oxygen atoms in total. The number of nitrogens with zero attached hydrogens (tertiary/aromatic N) is 4. The fourth-order valence-electron chi connectivity index (χ4n) is 2.56. The van der Waals surface area contributed by atoms with Gasteiger partial charge < -0.3 is 5.73 Å². The first-order valence-electron chi connectivity index (χ1n) is 7.33. The summed E-state index contributed by atoms with van der Waals surface area (Å²) in [5.74, 6) is -0.387. The lowest BCUT2D eigenvalue weighted by atomic mass is 10.2. The minimum atomic E-state index is -4.38. The Labute approximate surface area is 126 Å². The summed E-state index contributed by atoms with van der Waals surface area (Å²) >= 11 is 0. The average molecular weight is 319 g/mol. The van der Waals surface area contributed by atoms with Gasteiger partial charge in [-0.05, 0) is 25.9 Å². The van der Waals surface area contributed by atoms with Crippen molar-refractivity contribution in [3.8, 4) is 0 Å². The maximum absolute atomic E-state index is 12.6. The molecule has 9 heteroatoms. The van der Waals surface area contributed by atoms with Crippen LogP contribution in [0.2, 0.25) is 0 Å². The summed E-state index contributed by atoms with van der Waals surface area (Å²) in [5, 5.41) is 3.78. The van der Waals surface area contributed by atoms with E-state index >= 15 is 0 Å². The van der Waals surface area contributed by atoms with Gasteiger partial charge in [0.2, 0.25) is 5.91 Å². The number of aromatic nitrogens is 3. The molecule has 0 aliphatic carbocycles. The number of primary amides is 1. The van der Waals surface area contributed by atoms with Crippen LogP contribution in [0.4, 0.5) is 13.2 Å². The Morgan fingerprint density at radius 3 is 2.36 bits per heavy atom. The van der Waals surface area contributed by atoms with Crippen LogP contribution >= 0.6 is 0 Å². The van der Waals surface area contributed by atoms with E-state index in [0.29, 0.717) is 6.54 Å². The highest BCUT2D eigenvalue weighted by Crippen LogP contribution is 2.19. The lowest BCUT2D eigenvalue weighted by Gasteiger charge is -2.19. The number of likely N-dealkylation sites (tertiary alicyclic amines) is 1. The van der Waals surface area contributed by atoms with Crippen molar-refractivity contribution in [1.29, 1.82) is 0 Å². The molecule has 0 spiro atoms. The molecule has 124 valence electrons. The molecule has 1 aliphatic heterocycles. The van der Waals surface area contributed by atoms with Gasteiger partial charge in [-0.2, -0.15) is 18.3 Å². The summed E-state index contributed by atoms with van der Waals surface area (Å²) in [5.41, 5.74) is 5.06. The van der Waals surface area contributed by atoms with Crippen LogP contribution in [0.15, 0.2) is 0 Å². The molecule has 1 aromatic rings. The van der Waals surface area contributed by atoms with E-state index in [9.17, 15) is 18.0 Å². The fraction of sp³-hybridized carbons (Fsp3) is 0.769. The van der Waals surface area contributed by atoms with Crippen molar-refractivity contribution in [1.82, 2.24) is 19.7 Å². The van der Waals surface area contributed by atoms with Crippen LogP contribution in [0.5, 0.6) is 0 Å². The molecule has 2 rings (SSSR count). The number of carbonyl (C=O) groups is 1. The predicted molar refractivity (Wildman–Crippen MR) is 72.7 cm³/mol. The highest BCUT2D eigenvalue weighted by molar-refractivity contribution is 5.75. The topological polar surface area (TPSA) is 77.0 Å². The van der Waals surface area contributed by atoms with Gasteiger partial charge in [0, 0.05) is 0 Å². The summed E-state index contributed by atoms with van der Waals surface area (Å²) in [6, 6.07) is 0. The second-order valence-electron chi connectivity index (χ2n) is 5.55. The van der Waals surface area contributed by atoms with Crippen LogP contribution in [0.25, 0.3) is 0 Å². The van der Waals surface area contributed by atoms with Gasteiger partial charge in [0.05, 0.1) is 13.0 Å². The molecule has 2 N–H and O–H groups in total. The van der Waals surface area contributed by atoms with Crippen LogP contribution in [0.3, 0.4) is 0 Å². The maximum Gasteiger partial charge on any atom is 0.408 e. The van der Waals surface area contributed by atoms with E-state index in [4.69, 9.17) is 5.73 Å². The number of alkyl halides is 3. The summed E-state index contributed by atoms with van der Waals surface area (Å²) in [4.78, 5) is 17.1. The standard InChI is InChI=1S/C13H20F3N5O/c14-13(15,16)9-21-12(18-11(19-21)7-10(17)22)8-20-5-3-1-2-4-6-20/h1-9H2,(H2,17,22). The zero-order valence-corrected chi connectivity index (χ0v) is 12.3. The van der Waals surface area contributed by atoms with Crippen molar-refractivity contribution >= 4 is 5.91 Å². The van der Waals surface area contributed by atoms with Crippen molar-refractivity contribution in [2.45, 2.75) is 51.4 Å². The molecule has 0 unspecified atom stereocenters. The van der Waals surface area contributed by atoms with Crippen LogP contribution in [-0.2, 0) is 24.3 Å². The molecular weight excluding hydrogens is 299 g/mol. The fourth-order valence-corrected chi connectivity index (χ4v) is 2.56. The van der Waals surface area contributed by atoms with E-state index in [1.165, 1.54) is 0 Å². The van der Waals surface area contributed by atoms with Gasteiger partial charge in [-0.25, -0.2) is 9.67 Å². The zero-order valence-electron chi connectivity index (χ0n) is 12.3. The van der Waals surface area contributed by atoms with Crippen molar-refractivity contribution in [3.63, 3.8) is 0 Å². The molecule has 1 amide bonds. The Morgan fingerprint density at radius 1 is 1.18 bits per heavy atom. The summed E-state index contributed by atoms with van der Waals surface area (Å²) in [6.07, 6.45) is -0.302. The van der Waals surface area contributed by atoms with E-state index in [0.717, 1.165) is 43.5 Å². The van der Waals surface area contributed by atoms with Gasteiger partial charge >= 0.3 is 6.18 Å². The zero-order chi connectivity index (χ0) is 16.2. The monoisotopic (exact) mass is 319 g/mol. The third-order valence-corrected chi connectivity index (χ3v) is 3.52. The molecule has 1 saturated heterocycles. The predicted octanol–water partition coefficient (Wildman–Crippen LogP) is 1.24. The van der Waals surface area contributed by atoms with Gasteiger partial charge in [-0.15, -0.1) is 0 Å². The molecule has 0 saturated carbocycles. The number of amides is 1. The molecule has 0 radical (unpaired) electrons. The number of hydrogen-bond acceptors (Lipinski definition) is 4. The van der Waals surface area contributed by atoms with E-state index in [1.807, 2.05) is 0 Å². The van der Waals surface area contributed by atoms with E-state index < -0.39 is 18.6 Å². The average Bonchev–Trinajstić information content (AvgIpc) is 2.60. The Kier molecular flexibility index (Phi) is 5.38. The number of carbonyl (C=O) groups excluding carboxylic acids is 1. The molecule has 0 aromatic carbocycles. The second-order valence-corrected chi connectivity index (χ2v) is 5.55. The molecule has 1 fully saturated rings. The third kappa shape index (κ3) is 5.28. The van der Waals surface area contributed by atoms with Gasteiger partial charge in [-0.1, -0.05) is 12.8 Å². The van der Waals surface area contributed by atoms with Gasteiger partial charge in [0.15, 0.2) is 5.82 Å². The molecule has 22 heavy (non-hydrogen) atoms. The van der Waals surface area contributed by atoms with Crippen molar-refractivity contribution in [3.05, 3.63) is 11.6 Å². The molecule has 1 aromatic heterocycles. The Hall–Kier alpha value is -1.64. The SMILES string of the molecule is NC(=O)Cc1nc(CN2CCCCCC2)n(CC(F)(F)F)n1. The van der Waals surface area contributed by atoms with E-state index in [2.05, 4.69) is 15.0 Å². The molecular formula is C13H20F3N5O. The van der Waals surface area contributed by atoms with Crippen LogP contribution < -0.4 is 5.73 Å². The molecule has 0 atom stereocenters. The van der Waals surface area contributed by atoms with E-state index in [-0.39, 0.29) is 18.1 Å². The highest BCUT2D eigenvalue weighted by Gasteiger charge is 2.30. The summed E-state index contributed by atoms with van der Waals surface area (Å²) < 4.78 is 38.8. The van der Waals surface area contributed by atoms with Crippen molar-refractivity contribution < 1.29 is 18.0 Å². The van der Waals surface area contributed by atoms with Crippen LogP contribution in [-0.4, -0.2) is 44.8 Å². The Balaban J connectivity index is 2.14. The van der Waals surface area contributed by atoms with Gasteiger partial charge in [0.1, 0.15) is 12.4 Å². The first-order valence-corrected chi connectivity index (χ1v) is 7.33. The highest BCUT2D eigenvalue weighted by atomic mass is 19.4. The largest absolute Gasteiger partial charge is 0.408 e. The van der Waals surface area contributed by atoms with Crippen molar-refractivity contribution in [2.24, 2.45) is 5.73 Å². The second kappa shape index (κ2) is 7.08. The van der Waals surface area contributed by atoms with E-state index in [1.54, 1.807) is 0 Å². The maximum atomic E-state index is 12.6.